The highest BCUT2D eigenvalue weighted by Crippen LogP contribution is 2.08. The van der Waals surface area contributed by atoms with Crippen LogP contribution in [0.4, 0.5) is 0 Å². The highest BCUT2D eigenvalue weighted by atomic mass is 127. The number of aromatic nitrogens is 3. The highest BCUT2D eigenvalue weighted by Gasteiger charge is 2.09. The molecular formula is C21H38IN7S. The van der Waals surface area contributed by atoms with Crippen LogP contribution in [-0.2, 0) is 20.0 Å². The summed E-state index contributed by atoms with van der Waals surface area (Å²) in [7, 11) is 1.98. The topological polar surface area (TPSA) is 70.4 Å². The molecule has 0 radical (unpaired) electrons. The number of aliphatic imine (C=N–C) groups is 1. The number of hydrogen-bond acceptors (Lipinski definition) is 5. The van der Waals surface area contributed by atoms with E-state index >= 15 is 0 Å². The van der Waals surface area contributed by atoms with Gasteiger partial charge in [-0.15, -0.1) is 45.5 Å². The van der Waals surface area contributed by atoms with Crippen LogP contribution in [0.1, 0.15) is 50.1 Å². The first-order chi connectivity index (χ1) is 14.0. The first kappa shape index (κ1) is 26.8. The molecule has 0 aliphatic rings. The van der Waals surface area contributed by atoms with Crippen molar-refractivity contribution in [3.63, 3.8) is 0 Å². The summed E-state index contributed by atoms with van der Waals surface area (Å²) in [5.74, 6) is 2.62. The van der Waals surface area contributed by atoms with Crippen molar-refractivity contribution in [3.8, 4) is 0 Å². The molecule has 2 aromatic rings. The lowest BCUT2D eigenvalue weighted by molar-refractivity contribution is 0.292. The van der Waals surface area contributed by atoms with Crippen molar-refractivity contribution in [3.05, 3.63) is 34.0 Å². The van der Waals surface area contributed by atoms with E-state index in [4.69, 9.17) is 4.99 Å². The Bertz CT molecular complexity index is 726. The number of rotatable bonds is 12. The van der Waals surface area contributed by atoms with E-state index in [1.165, 1.54) is 11.3 Å². The van der Waals surface area contributed by atoms with Gasteiger partial charge in [0.1, 0.15) is 12.4 Å². The van der Waals surface area contributed by atoms with Crippen LogP contribution in [0.15, 0.2) is 22.5 Å². The van der Waals surface area contributed by atoms with Gasteiger partial charge in [0.2, 0.25) is 0 Å². The monoisotopic (exact) mass is 547 g/mol. The van der Waals surface area contributed by atoms with E-state index in [-0.39, 0.29) is 24.0 Å². The molecule has 0 aromatic carbocycles. The zero-order valence-corrected chi connectivity index (χ0v) is 22.2. The van der Waals surface area contributed by atoms with Crippen molar-refractivity contribution in [2.75, 3.05) is 26.2 Å². The maximum absolute atomic E-state index is 4.77. The van der Waals surface area contributed by atoms with Crippen molar-refractivity contribution in [2.45, 2.75) is 59.5 Å². The molecule has 1 atom stereocenters. The quantitative estimate of drug-likeness (QED) is 0.242. The Labute approximate surface area is 202 Å². The Kier molecular flexibility index (Phi) is 13.2. The van der Waals surface area contributed by atoms with Gasteiger partial charge >= 0.3 is 0 Å². The third-order valence-electron chi connectivity index (χ3n) is 5.19. The van der Waals surface area contributed by atoms with Gasteiger partial charge in [0.15, 0.2) is 11.8 Å². The third kappa shape index (κ3) is 9.30. The minimum absolute atomic E-state index is 0. The molecule has 1 unspecified atom stereocenters. The summed E-state index contributed by atoms with van der Waals surface area (Å²) in [5.41, 5.74) is 0. The Hall–Kier alpha value is -1.20. The minimum atomic E-state index is 0. The van der Waals surface area contributed by atoms with Gasteiger partial charge in [-0.25, -0.2) is 4.99 Å². The summed E-state index contributed by atoms with van der Waals surface area (Å²) in [5, 5.41) is 17.5. The van der Waals surface area contributed by atoms with Gasteiger partial charge in [-0.2, -0.15) is 0 Å². The summed E-state index contributed by atoms with van der Waals surface area (Å²) < 4.78 is 1.99. The normalized spacial score (nSPS) is 12.7. The number of thiophene rings is 1. The van der Waals surface area contributed by atoms with Crippen molar-refractivity contribution in [1.29, 1.82) is 0 Å². The maximum atomic E-state index is 4.77. The predicted octanol–water partition coefficient (Wildman–Crippen LogP) is 3.59. The standard InChI is InChI=1S/C21H37N7S.HI/c1-6-28(7-2)14-8-10-17(3)24-21(22-13-12-19-11-9-15-29-19)23-16-20-26-25-18(4)27(20)5;/h9,11,15,17H,6-8,10,12-14,16H2,1-5H3,(H2,22,23,24);1H. The predicted molar refractivity (Wildman–Crippen MR) is 138 cm³/mol. The van der Waals surface area contributed by atoms with Crippen LogP contribution in [0.3, 0.4) is 0 Å². The Morgan fingerprint density at radius 1 is 1.30 bits per heavy atom. The van der Waals surface area contributed by atoms with Gasteiger partial charge in [-0.3, -0.25) is 0 Å². The lowest BCUT2D eigenvalue weighted by Gasteiger charge is -2.21. The van der Waals surface area contributed by atoms with E-state index in [2.05, 4.69) is 64.0 Å². The SMILES string of the molecule is CCN(CC)CCCC(C)NC(=NCc1nnc(C)n1C)NCCc1cccs1.I. The van der Waals surface area contributed by atoms with Crippen molar-refractivity contribution in [2.24, 2.45) is 12.0 Å². The van der Waals surface area contributed by atoms with Crippen molar-refractivity contribution >= 4 is 41.3 Å². The first-order valence-corrected chi connectivity index (χ1v) is 11.6. The molecular weight excluding hydrogens is 509 g/mol. The Balaban J connectivity index is 0.00000450. The van der Waals surface area contributed by atoms with Crippen LogP contribution in [0.2, 0.25) is 0 Å². The fourth-order valence-corrected chi connectivity index (χ4v) is 3.83. The summed E-state index contributed by atoms with van der Waals surface area (Å²) in [6.07, 6.45) is 3.30. The lowest BCUT2D eigenvalue weighted by atomic mass is 10.2. The fourth-order valence-electron chi connectivity index (χ4n) is 3.12. The number of hydrogen-bond donors (Lipinski definition) is 2. The molecule has 0 spiro atoms. The largest absolute Gasteiger partial charge is 0.356 e. The molecule has 2 rings (SSSR count). The zero-order valence-electron chi connectivity index (χ0n) is 19.0. The molecule has 30 heavy (non-hydrogen) atoms. The van der Waals surface area contributed by atoms with E-state index in [1.54, 1.807) is 11.3 Å². The van der Waals surface area contributed by atoms with Gasteiger partial charge in [0.25, 0.3) is 0 Å². The van der Waals surface area contributed by atoms with Crippen LogP contribution in [0, 0.1) is 6.92 Å². The fraction of sp³-hybridized carbons (Fsp3) is 0.667. The molecule has 7 nitrogen and oxygen atoms in total. The highest BCUT2D eigenvalue weighted by molar-refractivity contribution is 14.0. The van der Waals surface area contributed by atoms with E-state index in [1.807, 2.05) is 18.5 Å². The van der Waals surface area contributed by atoms with Crippen LogP contribution < -0.4 is 10.6 Å². The second-order valence-electron chi connectivity index (χ2n) is 7.36. The van der Waals surface area contributed by atoms with Gasteiger partial charge in [0.05, 0.1) is 0 Å². The number of halogens is 1. The molecule has 0 aliphatic heterocycles. The summed E-state index contributed by atoms with van der Waals surface area (Å²) in [6.45, 7) is 13.4. The number of nitrogens with one attached hydrogen (secondary N) is 2. The van der Waals surface area contributed by atoms with Crippen LogP contribution in [-0.4, -0.2) is 57.8 Å². The van der Waals surface area contributed by atoms with Gasteiger partial charge in [-0.05, 0) is 64.2 Å². The smallest absolute Gasteiger partial charge is 0.191 e. The van der Waals surface area contributed by atoms with Crippen LogP contribution >= 0.6 is 35.3 Å². The third-order valence-corrected chi connectivity index (χ3v) is 6.13. The van der Waals surface area contributed by atoms with Crippen LogP contribution in [0.25, 0.3) is 0 Å². The summed E-state index contributed by atoms with van der Waals surface area (Å²) in [6, 6.07) is 4.64. The zero-order chi connectivity index (χ0) is 21.1. The molecule has 2 heterocycles. The van der Waals surface area contributed by atoms with Crippen LogP contribution in [0.5, 0.6) is 0 Å². The van der Waals surface area contributed by atoms with Crippen molar-refractivity contribution < 1.29 is 0 Å². The number of nitrogens with zero attached hydrogens (tertiary/aromatic N) is 5. The van der Waals surface area contributed by atoms with Crippen molar-refractivity contribution in [1.82, 2.24) is 30.3 Å². The second-order valence-corrected chi connectivity index (χ2v) is 8.39. The Morgan fingerprint density at radius 3 is 2.67 bits per heavy atom. The first-order valence-electron chi connectivity index (χ1n) is 10.7. The molecule has 0 bridgehead atoms. The van der Waals surface area contributed by atoms with Gasteiger partial charge < -0.3 is 20.1 Å². The molecule has 0 aliphatic carbocycles. The van der Waals surface area contributed by atoms with E-state index in [0.717, 1.165) is 56.6 Å². The average Bonchev–Trinajstić information content (AvgIpc) is 3.34. The average molecular weight is 548 g/mol. The molecule has 2 aromatic heterocycles. The van der Waals surface area contributed by atoms with E-state index in [9.17, 15) is 0 Å². The second kappa shape index (κ2) is 14.7. The Morgan fingerprint density at radius 2 is 2.07 bits per heavy atom. The number of aryl methyl sites for hydroxylation is 1. The lowest BCUT2D eigenvalue weighted by Crippen LogP contribution is -2.43. The molecule has 170 valence electrons. The van der Waals surface area contributed by atoms with E-state index < -0.39 is 0 Å². The molecule has 0 fully saturated rings. The van der Waals surface area contributed by atoms with Gasteiger partial charge in [0, 0.05) is 24.5 Å². The van der Waals surface area contributed by atoms with E-state index in [0.29, 0.717) is 12.6 Å². The summed E-state index contributed by atoms with van der Waals surface area (Å²) in [4.78, 5) is 8.62. The number of guanidine groups is 1. The minimum Gasteiger partial charge on any atom is -0.356 e. The molecule has 0 saturated carbocycles. The molecule has 9 heteroatoms. The molecule has 2 N–H and O–H groups in total. The summed E-state index contributed by atoms with van der Waals surface area (Å²) >= 11 is 1.79. The van der Waals surface area contributed by atoms with Gasteiger partial charge in [-0.1, -0.05) is 19.9 Å². The molecule has 0 saturated heterocycles. The maximum Gasteiger partial charge on any atom is 0.191 e. The molecule has 0 amide bonds.